The predicted octanol–water partition coefficient (Wildman–Crippen LogP) is 20.8. The van der Waals surface area contributed by atoms with Crippen LogP contribution in [-0.4, -0.2) is 6.71 Å². The highest BCUT2D eigenvalue weighted by molar-refractivity contribution is 7.00. The summed E-state index contributed by atoms with van der Waals surface area (Å²) >= 11 is 0. The average Bonchev–Trinajstić information content (AvgIpc) is 1.74. The lowest BCUT2D eigenvalue weighted by molar-refractivity contribution is 0.239. The van der Waals surface area contributed by atoms with Crippen LogP contribution in [-0.2, 0) is 22.7 Å². The standard InChI is InChI=1S/C82H70BN3O3/c1-80(2,3)59-28-36-62(37-29-59)84(65-35-26-52-42-57(23-22-53(52)43-65)77-46-55-17-11-14-20-74(55)88-77)66-49-71-79-72(50-66)86(64-38-30-60(31-39-64)81(4,5)6)70-41-32-61(82(7,8)9)48-68(70)83(79)67-44-58(78-47-56-18-12-15-21-75(56)89-78)27-40-69(67)85(71)63-33-24-51(25-34-63)76-45-54-16-10-13-19-73(54)87-76/h10-46,48-50,78H,47H2,1-9H3. The Kier molecular flexibility index (Phi) is 12.4. The van der Waals surface area contributed by atoms with E-state index in [0.717, 1.165) is 113 Å². The Morgan fingerprint density at radius 2 is 0.899 bits per heavy atom. The summed E-state index contributed by atoms with van der Waals surface area (Å²) in [6.07, 6.45) is 0.682. The van der Waals surface area contributed by atoms with Gasteiger partial charge < -0.3 is 28.3 Å². The van der Waals surface area contributed by atoms with Crippen LogP contribution in [0.4, 0.5) is 51.2 Å². The van der Waals surface area contributed by atoms with Crippen molar-refractivity contribution in [3.8, 4) is 28.4 Å². The number of nitrogens with zero attached hydrogens (tertiary/aromatic N) is 3. The van der Waals surface area contributed by atoms with E-state index in [1.54, 1.807) is 0 Å². The maximum absolute atomic E-state index is 6.87. The van der Waals surface area contributed by atoms with E-state index in [2.05, 4.69) is 295 Å². The minimum Gasteiger partial charge on any atom is -0.485 e. The first kappa shape index (κ1) is 54.4. The van der Waals surface area contributed by atoms with Crippen molar-refractivity contribution in [3.05, 3.63) is 270 Å². The SMILES string of the molecule is CC(C)(C)c1ccc(N(c2cc3c4c(c2)N(c2ccc(C(C)(C)C)cc2)c2ccc(C(C)(C)C)cc2B4c2cc(C4Cc5ccccc5O4)ccc2N3c2ccc(-c3cc4ccccc4o3)cc2)c2ccc3cc(-c4cc5ccccc5o4)ccc3c2)cc1. The highest BCUT2D eigenvalue weighted by Gasteiger charge is 2.45. The minimum atomic E-state index is -0.151. The molecule has 434 valence electrons. The zero-order valence-corrected chi connectivity index (χ0v) is 52.0. The number of anilines is 9. The Balaban J connectivity index is 0.957. The largest absolute Gasteiger partial charge is 0.485 e. The van der Waals surface area contributed by atoms with Gasteiger partial charge in [0.05, 0.1) is 5.69 Å². The molecule has 11 aromatic carbocycles. The Morgan fingerprint density at radius 3 is 1.52 bits per heavy atom. The van der Waals surface area contributed by atoms with E-state index < -0.39 is 0 Å². The molecule has 0 saturated heterocycles. The second-order valence-corrected chi connectivity index (χ2v) is 27.8. The molecule has 13 aromatic rings. The summed E-state index contributed by atoms with van der Waals surface area (Å²) in [6.45, 7) is 20.6. The smallest absolute Gasteiger partial charge is 0.252 e. The summed E-state index contributed by atoms with van der Waals surface area (Å²) < 4.78 is 19.8. The van der Waals surface area contributed by atoms with E-state index in [1.165, 1.54) is 49.9 Å². The van der Waals surface area contributed by atoms with Gasteiger partial charge in [0.25, 0.3) is 6.71 Å². The van der Waals surface area contributed by atoms with Crippen molar-refractivity contribution >= 4 is 107 Å². The Hall–Kier alpha value is -9.98. The predicted molar refractivity (Wildman–Crippen MR) is 373 cm³/mol. The summed E-state index contributed by atoms with van der Waals surface area (Å²) in [5.74, 6) is 2.66. The summed E-state index contributed by atoms with van der Waals surface area (Å²) in [5.41, 5.74) is 23.5. The van der Waals surface area contributed by atoms with E-state index in [-0.39, 0.29) is 29.1 Å². The van der Waals surface area contributed by atoms with Crippen LogP contribution in [0, 0.1) is 0 Å². The van der Waals surface area contributed by atoms with Gasteiger partial charge in [-0.25, -0.2) is 0 Å². The molecule has 0 amide bonds. The number of rotatable bonds is 8. The van der Waals surface area contributed by atoms with Gasteiger partial charge >= 0.3 is 0 Å². The van der Waals surface area contributed by atoms with Crippen molar-refractivity contribution in [3.63, 3.8) is 0 Å². The first-order chi connectivity index (χ1) is 42.9. The van der Waals surface area contributed by atoms with Gasteiger partial charge in [0, 0.05) is 73.8 Å². The summed E-state index contributed by atoms with van der Waals surface area (Å²) in [7, 11) is 0. The van der Waals surface area contributed by atoms with Gasteiger partial charge in [-0.05, 0) is 193 Å². The minimum absolute atomic E-state index is 0.0334. The van der Waals surface area contributed by atoms with E-state index in [9.17, 15) is 0 Å². The number of hydrogen-bond acceptors (Lipinski definition) is 6. The van der Waals surface area contributed by atoms with Crippen LogP contribution in [0.15, 0.2) is 251 Å². The average molecular weight is 1160 g/mol. The van der Waals surface area contributed by atoms with Crippen LogP contribution in [0.2, 0.25) is 0 Å². The van der Waals surface area contributed by atoms with Crippen LogP contribution >= 0.6 is 0 Å². The van der Waals surface area contributed by atoms with Gasteiger partial charge in [-0.1, -0.05) is 184 Å². The third-order valence-electron chi connectivity index (χ3n) is 18.8. The topological polar surface area (TPSA) is 45.2 Å². The highest BCUT2D eigenvalue weighted by Crippen LogP contribution is 2.50. The number of para-hydroxylation sites is 3. The molecule has 1 atom stereocenters. The maximum atomic E-state index is 6.87. The number of benzene rings is 11. The zero-order valence-electron chi connectivity index (χ0n) is 52.0. The fourth-order valence-electron chi connectivity index (χ4n) is 13.9. The van der Waals surface area contributed by atoms with Gasteiger partial charge in [0.15, 0.2) is 0 Å². The number of hydrogen-bond donors (Lipinski definition) is 0. The van der Waals surface area contributed by atoms with E-state index in [0.29, 0.717) is 0 Å². The molecule has 5 heterocycles. The van der Waals surface area contributed by atoms with Crippen LogP contribution in [0.25, 0.3) is 55.4 Å². The van der Waals surface area contributed by atoms with Gasteiger partial charge in [-0.2, -0.15) is 0 Å². The van der Waals surface area contributed by atoms with Gasteiger partial charge in [-0.3, -0.25) is 0 Å². The number of fused-ring (bicyclic) bond motifs is 8. The summed E-state index contributed by atoms with van der Waals surface area (Å²) in [4.78, 5) is 7.56. The van der Waals surface area contributed by atoms with E-state index in [1.807, 2.05) is 24.3 Å². The molecule has 0 radical (unpaired) electrons. The van der Waals surface area contributed by atoms with Gasteiger partial charge in [-0.15, -0.1) is 0 Å². The van der Waals surface area contributed by atoms with Crippen molar-refractivity contribution in [2.75, 3.05) is 14.7 Å². The van der Waals surface area contributed by atoms with Crippen molar-refractivity contribution in [2.24, 2.45) is 0 Å². The molecule has 2 aromatic heterocycles. The molecule has 0 spiro atoms. The molecule has 3 aliphatic heterocycles. The molecule has 6 nitrogen and oxygen atoms in total. The lowest BCUT2D eigenvalue weighted by atomic mass is 9.33. The monoisotopic (exact) mass is 1160 g/mol. The molecular weight excluding hydrogens is 1090 g/mol. The van der Waals surface area contributed by atoms with Crippen molar-refractivity contribution < 1.29 is 13.6 Å². The van der Waals surface area contributed by atoms with Crippen molar-refractivity contribution in [2.45, 2.75) is 91.1 Å². The second-order valence-electron chi connectivity index (χ2n) is 27.8. The Bertz CT molecular complexity index is 4850. The quantitative estimate of drug-likeness (QED) is 0.141. The van der Waals surface area contributed by atoms with Gasteiger partial charge in [0.1, 0.15) is 34.5 Å². The van der Waals surface area contributed by atoms with Crippen molar-refractivity contribution in [1.29, 1.82) is 0 Å². The molecule has 1 unspecified atom stereocenters. The summed E-state index contributed by atoms with van der Waals surface area (Å²) in [6, 6.07) is 89.9. The highest BCUT2D eigenvalue weighted by atomic mass is 16.5. The van der Waals surface area contributed by atoms with Crippen LogP contribution < -0.4 is 35.8 Å². The molecule has 0 aliphatic carbocycles. The first-order valence-corrected chi connectivity index (χ1v) is 31.4. The molecule has 89 heavy (non-hydrogen) atoms. The third kappa shape index (κ3) is 9.40. The molecular formula is C82H70BN3O3. The molecule has 16 rings (SSSR count). The molecule has 0 bridgehead atoms. The summed E-state index contributed by atoms with van der Waals surface area (Å²) in [5, 5.41) is 4.44. The number of furan rings is 2. The molecule has 7 heteroatoms. The first-order valence-electron chi connectivity index (χ1n) is 31.4. The van der Waals surface area contributed by atoms with Gasteiger partial charge in [0.2, 0.25) is 0 Å². The van der Waals surface area contributed by atoms with E-state index in [4.69, 9.17) is 13.6 Å². The second kappa shape index (κ2) is 20.3. The fraction of sp³-hybridized carbons (Fsp3) is 0.171. The fourth-order valence-corrected chi connectivity index (χ4v) is 13.9. The lowest BCUT2D eigenvalue weighted by Gasteiger charge is -2.45. The van der Waals surface area contributed by atoms with Crippen LogP contribution in [0.3, 0.4) is 0 Å². The number of ether oxygens (including phenoxy) is 1. The zero-order chi connectivity index (χ0) is 60.7. The normalized spacial score (nSPS) is 14.4. The lowest BCUT2D eigenvalue weighted by Crippen LogP contribution is -2.61. The Morgan fingerprint density at radius 1 is 0.393 bits per heavy atom. The Labute approximate surface area is 522 Å². The van der Waals surface area contributed by atoms with Crippen molar-refractivity contribution in [1.82, 2.24) is 0 Å². The molecule has 0 saturated carbocycles. The van der Waals surface area contributed by atoms with Crippen LogP contribution in [0.5, 0.6) is 5.75 Å². The maximum Gasteiger partial charge on any atom is 0.252 e. The molecule has 0 fully saturated rings. The third-order valence-corrected chi connectivity index (χ3v) is 18.8. The molecule has 0 N–H and O–H groups in total. The van der Waals surface area contributed by atoms with Crippen LogP contribution in [0.1, 0.15) is 96.2 Å². The molecule has 3 aliphatic rings. The van der Waals surface area contributed by atoms with E-state index >= 15 is 0 Å².